The Labute approximate surface area is 132 Å². The van der Waals surface area contributed by atoms with Gasteiger partial charge in [-0.05, 0) is 19.8 Å². The van der Waals surface area contributed by atoms with E-state index in [4.69, 9.17) is 9.47 Å². The van der Waals surface area contributed by atoms with Crippen LogP contribution in [-0.2, 0) is 23.9 Å². The Morgan fingerprint density at radius 3 is 1.86 bits per heavy atom. The lowest BCUT2D eigenvalue weighted by molar-refractivity contribution is -0.176. The molecule has 0 amide bonds. The Morgan fingerprint density at radius 1 is 0.909 bits per heavy atom. The fourth-order valence-corrected chi connectivity index (χ4v) is 1.77. The fraction of sp³-hybridized carbons (Fsp3) is 0.812. The molecule has 0 fully saturated rings. The van der Waals surface area contributed by atoms with Gasteiger partial charge >= 0.3 is 11.9 Å². The van der Waals surface area contributed by atoms with Gasteiger partial charge in [-0.2, -0.15) is 0 Å². The van der Waals surface area contributed by atoms with Gasteiger partial charge in [-0.3, -0.25) is 9.59 Å². The molecule has 0 heterocycles. The summed E-state index contributed by atoms with van der Waals surface area (Å²) >= 11 is 0. The van der Waals surface area contributed by atoms with Gasteiger partial charge in [0.2, 0.25) is 5.60 Å². The Morgan fingerprint density at radius 2 is 1.41 bits per heavy atom. The van der Waals surface area contributed by atoms with E-state index in [2.05, 4.69) is 0 Å². The molecular weight excluding hydrogens is 288 g/mol. The third kappa shape index (κ3) is 7.54. The second kappa shape index (κ2) is 11.2. The number of esters is 2. The molecule has 0 spiro atoms. The minimum atomic E-state index is -2.45. The van der Waals surface area contributed by atoms with Crippen LogP contribution in [0.2, 0.25) is 0 Å². The van der Waals surface area contributed by atoms with Crippen molar-refractivity contribution < 1.29 is 29.0 Å². The standard InChI is InChI=1S/C16H28O6/c1-4-6-8-10-21-14(18)12-16(20,13(3)17)15(19)22-11-9-7-5-2/h20H,4-12H2,1-3H3/t16-/m1/s1. The molecule has 128 valence electrons. The van der Waals surface area contributed by atoms with Crippen LogP contribution in [0.4, 0.5) is 0 Å². The predicted molar refractivity (Wildman–Crippen MR) is 81.2 cm³/mol. The molecule has 0 bridgehead atoms. The average molecular weight is 316 g/mol. The zero-order valence-corrected chi connectivity index (χ0v) is 13.9. The van der Waals surface area contributed by atoms with Crippen molar-refractivity contribution in [1.29, 1.82) is 0 Å². The Kier molecular flexibility index (Phi) is 10.5. The summed E-state index contributed by atoms with van der Waals surface area (Å²) in [6.07, 6.45) is 4.40. The molecule has 22 heavy (non-hydrogen) atoms. The van der Waals surface area contributed by atoms with E-state index in [1.165, 1.54) is 0 Å². The largest absolute Gasteiger partial charge is 0.466 e. The van der Waals surface area contributed by atoms with E-state index in [9.17, 15) is 19.5 Å². The number of unbranched alkanes of at least 4 members (excludes halogenated alkanes) is 4. The zero-order valence-electron chi connectivity index (χ0n) is 13.9. The average Bonchev–Trinajstić information content (AvgIpc) is 2.47. The smallest absolute Gasteiger partial charge is 0.346 e. The van der Waals surface area contributed by atoms with Crippen LogP contribution in [0.25, 0.3) is 0 Å². The molecule has 0 saturated carbocycles. The molecule has 1 atom stereocenters. The molecule has 1 N–H and O–H groups in total. The molecule has 0 aromatic carbocycles. The van der Waals surface area contributed by atoms with Gasteiger partial charge < -0.3 is 14.6 Å². The lowest BCUT2D eigenvalue weighted by atomic mass is 9.95. The summed E-state index contributed by atoms with van der Waals surface area (Å²) in [4.78, 5) is 35.1. The maximum Gasteiger partial charge on any atom is 0.346 e. The number of Topliss-reactive ketones (excluding diaryl/α,β-unsaturated/α-hetero) is 1. The van der Waals surface area contributed by atoms with Crippen molar-refractivity contribution >= 4 is 17.7 Å². The van der Waals surface area contributed by atoms with Gasteiger partial charge in [0.25, 0.3) is 0 Å². The van der Waals surface area contributed by atoms with Crippen LogP contribution >= 0.6 is 0 Å². The summed E-state index contributed by atoms with van der Waals surface area (Å²) in [6.45, 7) is 5.41. The topological polar surface area (TPSA) is 89.9 Å². The van der Waals surface area contributed by atoms with Crippen molar-refractivity contribution in [2.45, 2.75) is 71.3 Å². The molecule has 6 heteroatoms. The minimum Gasteiger partial charge on any atom is -0.466 e. The zero-order chi connectivity index (χ0) is 17.0. The maximum atomic E-state index is 11.9. The molecule has 0 aliphatic rings. The SMILES string of the molecule is CCCCCOC(=O)C[C@@](O)(C(C)=O)C(=O)OCCCCC. The van der Waals surface area contributed by atoms with E-state index >= 15 is 0 Å². The van der Waals surface area contributed by atoms with Crippen LogP contribution in [0.3, 0.4) is 0 Å². The highest BCUT2D eigenvalue weighted by Gasteiger charge is 2.45. The normalized spacial score (nSPS) is 13.3. The van der Waals surface area contributed by atoms with Crippen molar-refractivity contribution in [3.8, 4) is 0 Å². The summed E-state index contributed by atoms with van der Waals surface area (Å²) in [5.41, 5.74) is -2.45. The molecule has 0 aliphatic carbocycles. The summed E-state index contributed by atoms with van der Waals surface area (Å²) in [5, 5.41) is 10.2. The molecule has 0 aromatic rings. The third-order valence-electron chi connectivity index (χ3n) is 3.31. The Hall–Kier alpha value is -1.43. The molecule has 0 rings (SSSR count). The van der Waals surface area contributed by atoms with Gasteiger partial charge in [-0.25, -0.2) is 4.79 Å². The fourth-order valence-electron chi connectivity index (χ4n) is 1.77. The lowest BCUT2D eigenvalue weighted by Gasteiger charge is -2.22. The summed E-state index contributed by atoms with van der Waals surface area (Å²) < 4.78 is 9.82. The quantitative estimate of drug-likeness (QED) is 0.337. The van der Waals surface area contributed by atoms with Gasteiger partial charge in [0.15, 0.2) is 5.78 Å². The molecule has 0 unspecified atom stereocenters. The van der Waals surface area contributed by atoms with Crippen LogP contribution in [0.15, 0.2) is 0 Å². The molecule has 0 radical (unpaired) electrons. The number of ether oxygens (including phenoxy) is 2. The van der Waals surface area contributed by atoms with Crippen LogP contribution in [0, 0.1) is 0 Å². The number of rotatable bonds is 12. The second-order valence-corrected chi connectivity index (χ2v) is 5.36. The monoisotopic (exact) mass is 316 g/mol. The molecule has 0 aliphatic heterocycles. The summed E-state index contributed by atoms with van der Waals surface area (Å²) in [7, 11) is 0. The van der Waals surface area contributed by atoms with E-state index < -0.39 is 29.7 Å². The lowest BCUT2D eigenvalue weighted by Crippen LogP contribution is -2.48. The highest BCUT2D eigenvalue weighted by atomic mass is 16.6. The number of hydrogen-bond acceptors (Lipinski definition) is 6. The summed E-state index contributed by atoms with van der Waals surface area (Å²) in [6, 6.07) is 0. The van der Waals surface area contributed by atoms with Crippen LogP contribution in [-0.4, -0.2) is 41.6 Å². The van der Waals surface area contributed by atoms with Crippen LogP contribution in [0.5, 0.6) is 0 Å². The number of ketones is 1. The number of aliphatic hydroxyl groups is 1. The van der Waals surface area contributed by atoms with Gasteiger partial charge in [0.05, 0.1) is 19.6 Å². The first kappa shape index (κ1) is 20.6. The van der Waals surface area contributed by atoms with E-state index in [0.717, 1.165) is 32.6 Å². The number of hydrogen-bond donors (Lipinski definition) is 1. The van der Waals surface area contributed by atoms with Crippen molar-refractivity contribution in [1.82, 2.24) is 0 Å². The second-order valence-electron chi connectivity index (χ2n) is 5.36. The van der Waals surface area contributed by atoms with Crippen molar-refractivity contribution in [2.75, 3.05) is 13.2 Å². The first-order chi connectivity index (χ1) is 10.4. The molecule has 0 aromatic heterocycles. The third-order valence-corrected chi connectivity index (χ3v) is 3.31. The van der Waals surface area contributed by atoms with Crippen LogP contribution < -0.4 is 0 Å². The van der Waals surface area contributed by atoms with Crippen LogP contribution in [0.1, 0.15) is 65.7 Å². The molecule has 0 saturated heterocycles. The Balaban J connectivity index is 4.44. The highest BCUT2D eigenvalue weighted by Crippen LogP contribution is 2.16. The number of carbonyl (C=O) groups excluding carboxylic acids is 3. The van der Waals surface area contributed by atoms with Crippen molar-refractivity contribution in [2.24, 2.45) is 0 Å². The summed E-state index contributed by atoms with van der Waals surface area (Å²) in [5.74, 6) is -2.68. The Bertz CT molecular complexity index is 366. The first-order valence-corrected chi connectivity index (χ1v) is 7.94. The minimum absolute atomic E-state index is 0.119. The van der Waals surface area contributed by atoms with Gasteiger partial charge in [-0.15, -0.1) is 0 Å². The first-order valence-electron chi connectivity index (χ1n) is 7.94. The van der Waals surface area contributed by atoms with Crippen molar-refractivity contribution in [3.63, 3.8) is 0 Å². The highest BCUT2D eigenvalue weighted by molar-refractivity contribution is 6.08. The van der Waals surface area contributed by atoms with Crippen molar-refractivity contribution in [3.05, 3.63) is 0 Å². The molecule has 6 nitrogen and oxygen atoms in total. The van der Waals surface area contributed by atoms with E-state index in [1.807, 2.05) is 13.8 Å². The van der Waals surface area contributed by atoms with E-state index in [0.29, 0.717) is 12.8 Å². The van der Waals surface area contributed by atoms with Gasteiger partial charge in [-0.1, -0.05) is 39.5 Å². The maximum absolute atomic E-state index is 11.9. The molecular formula is C16H28O6. The van der Waals surface area contributed by atoms with Gasteiger partial charge in [0.1, 0.15) is 0 Å². The number of carbonyl (C=O) groups is 3. The predicted octanol–water partition coefficient (Wildman–Crippen LogP) is 2.16. The van der Waals surface area contributed by atoms with E-state index in [1.54, 1.807) is 0 Å². The van der Waals surface area contributed by atoms with E-state index in [-0.39, 0.29) is 13.2 Å². The van der Waals surface area contributed by atoms with Gasteiger partial charge in [0, 0.05) is 0 Å².